The molecule has 2 aromatic heterocycles. The molecule has 10 heteroatoms. The average Bonchev–Trinajstić information content (AvgIpc) is 3.36. The first kappa shape index (κ1) is 23.6. The normalized spacial score (nSPS) is 11.3. The van der Waals surface area contributed by atoms with Crippen molar-refractivity contribution in [2.75, 3.05) is 13.2 Å². The number of para-hydroxylation sites is 1. The minimum atomic E-state index is -1.29. The Morgan fingerprint density at radius 1 is 1.20 bits per heavy atom. The summed E-state index contributed by atoms with van der Waals surface area (Å²) < 4.78 is 12.7. The van der Waals surface area contributed by atoms with Crippen LogP contribution in [0, 0.1) is 6.92 Å². The zero-order valence-electron chi connectivity index (χ0n) is 19.4. The summed E-state index contributed by atoms with van der Waals surface area (Å²) in [5.41, 5.74) is 5.50. The van der Waals surface area contributed by atoms with Gasteiger partial charge in [-0.3, -0.25) is 4.79 Å². The predicted octanol–water partition coefficient (Wildman–Crippen LogP) is 2.04. The van der Waals surface area contributed by atoms with E-state index in [1.54, 1.807) is 37.4 Å². The molecule has 2 N–H and O–H groups in total. The van der Waals surface area contributed by atoms with Crippen LogP contribution in [0.25, 0.3) is 21.8 Å². The highest BCUT2D eigenvalue weighted by molar-refractivity contribution is 6.07. The second kappa shape index (κ2) is 9.72. The number of nitrogens with zero attached hydrogens (tertiary/aromatic N) is 2. The molecule has 0 aliphatic heterocycles. The topological polar surface area (TPSA) is 138 Å². The highest BCUT2D eigenvalue weighted by Gasteiger charge is 2.20. The first-order valence-electron chi connectivity index (χ1n) is 10.8. The van der Waals surface area contributed by atoms with E-state index in [4.69, 9.17) is 9.47 Å². The molecule has 0 radical (unpaired) electrons. The van der Waals surface area contributed by atoms with E-state index in [-0.39, 0.29) is 18.8 Å². The van der Waals surface area contributed by atoms with Crippen molar-refractivity contribution in [2.45, 2.75) is 13.8 Å². The van der Waals surface area contributed by atoms with E-state index in [2.05, 4.69) is 15.5 Å². The van der Waals surface area contributed by atoms with Gasteiger partial charge in [-0.1, -0.05) is 18.2 Å². The van der Waals surface area contributed by atoms with Gasteiger partial charge in [0.1, 0.15) is 5.75 Å². The second-order valence-electron chi connectivity index (χ2n) is 7.76. The molecule has 0 aliphatic carbocycles. The summed E-state index contributed by atoms with van der Waals surface area (Å²) in [5.74, 6) is -1.78. The zero-order chi connectivity index (χ0) is 25.1. The highest BCUT2D eigenvalue weighted by atomic mass is 16.5. The van der Waals surface area contributed by atoms with Crippen LogP contribution in [0.1, 0.15) is 38.9 Å². The maximum atomic E-state index is 12.4. The number of ether oxygens (including phenoxy) is 2. The lowest BCUT2D eigenvalue weighted by Crippen LogP contribution is -2.24. The number of esters is 1. The zero-order valence-corrected chi connectivity index (χ0v) is 19.4. The molecule has 35 heavy (non-hydrogen) atoms. The highest BCUT2D eigenvalue weighted by Crippen LogP contribution is 2.29. The molecule has 10 nitrogen and oxygen atoms in total. The number of rotatable bonds is 8. The number of carbonyl (C=O) groups is 3. The summed E-state index contributed by atoms with van der Waals surface area (Å²) in [7, 11) is 1.86. The van der Waals surface area contributed by atoms with Crippen LogP contribution in [-0.2, 0) is 16.6 Å². The number of aromatic amines is 1. The lowest BCUT2D eigenvalue weighted by molar-refractivity contribution is -0.254. The van der Waals surface area contributed by atoms with Crippen LogP contribution in [0.2, 0.25) is 0 Å². The predicted molar refractivity (Wildman–Crippen MR) is 127 cm³/mol. The van der Waals surface area contributed by atoms with Gasteiger partial charge in [-0.2, -0.15) is 5.10 Å². The van der Waals surface area contributed by atoms with Gasteiger partial charge in [0.25, 0.3) is 5.91 Å². The molecule has 0 saturated carbocycles. The fraction of sp³-hybridized carbons (Fsp3) is 0.200. The number of aryl methyl sites for hydroxylation is 1. The number of nitrogens with one attached hydrogen (secondary N) is 2. The summed E-state index contributed by atoms with van der Waals surface area (Å²) >= 11 is 0. The Morgan fingerprint density at radius 2 is 2.00 bits per heavy atom. The molecule has 0 atom stereocenters. The van der Waals surface area contributed by atoms with Crippen LogP contribution in [0.5, 0.6) is 5.75 Å². The third kappa shape index (κ3) is 4.58. The Hall–Kier alpha value is -4.60. The Labute approximate surface area is 200 Å². The van der Waals surface area contributed by atoms with Gasteiger partial charge >= 0.3 is 5.97 Å². The van der Waals surface area contributed by atoms with Gasteiger partial charge in [0.15, 0.2) is 6.61 Å². The number of amides is 1. The van der Waals surface area contributed by atoms with Crippen LogP contribution in [-0.4, -0.2) is 46.8 Å². The number of benzene rings is 2. The van der Waals surface area contributed by atoms with Crippen molar-refractivity contribution in [1.82, 2.24) is 15.0 Å². The van der Waals surface area contributed by atoms with Gasteiger partial charge in [0, 0.05) is 46.4 Å². The number of hydrazone groups is 1. The summed E-state index contributed by atoms with van der Waals surface area (Å²) in [5, 5.41) is 16.5. The van der Waals surface area contributed by atoms with Crippen molar-refractivity contribution >= 4 is 45.9 Å². The Bertz CT molecular complexity index is 1480. The third-order valence-corrected chi connectivity index (χ3v) is 5.67. The molecule has 0 aliphatic rings. The van der Waals surface area contributed by atoms with Crippen LogP contribution in [0.3, 0.4) is 0 Å². The number of fused-ring (bicyclic) bond motifs is 2. The molecule has 1 amide bonds. The van der Waals surface area contributed by atoms with Crippen LogP contribution >= 0.6 is 0 Å². The number of aromatic carboxylic acids is 1. The molecule has 0 saturated heterocycles. The minimum Gasteiger partial charge on any atom is -0.545 e. The lowest BCUT2D eigenvalue weighted by atomic mass is 10.1. The summed E-state index contributed by atoms with van der Waals surface area (Å²) in [6.07, 6.45) is 2.99. The molecule has 4 rings (SSSR count). The summed E-state index contributed by atoms with van der Waals surface area (Å²) in [6, 6.07) is 10.0. The third-order valence-electron chi connectivity index (χ3n) is 5.67. The smallest absolute Gasteiger partial charge is 0.340 e. The molecular formula is C25H23N4O6-. The molecule has 4 aromatic rings. The molecule has 0 bridgehead atoms. The quantitative estimate of drug-likeness (QED) is 0.227. The first-order valence-corrected chi connectivity index (χ1v) is 10.8. The fourth-order valence-electron chi connectivity index (χ4n) is 3.91. The second-order valence-corrected chi connectivity index (χ2v) is 7.76. The van der Waals surface area contributed by atoms with Crippen molar-refractivity contribution in [2.24, 2.45) is 12.1 Å². The molecule has 0 spiro atoms. The number of carboxylic acid groups (broad SMARTS) is 1. The van der Waals surface area contributed by atoms with Crippen LogP contribution in [0.15, 0.2) is 47.7 Å². The number of carboxylic acids is 1. The van der Waals surface area contributed by atoms with Gasteiger partial charge in [-0.15, -0.1) is 0 Å². The molecule has 2 aromatic carbocycles. The standard InChI is InChI=1S/C25H24N4O6/c1-4-34-25(33)22-14(2)29(3)20-9-8-16(10-19(20)22)35-13-21(30)28-27-12-15-11-26-23-17(15)6-5-7-18(23)24(31)32/h5-12,26H,4,13H2,1-3H3,(H,28,30)(H,31,32)/p-1/b27-12+. The van der Waals surface area contributed by atoms with Gasteiger partial charge in [-0.25, -0.2) is 10.2 Å². The van der Waals surface area contributed by atoms with Crippen LogP contribution < -0.4 is 15.3 Å². The SMILES string of the molecule is CCOC(=O)c1c(C)n(C)c2ccc(OCC(=O)N/N=C/c3c[nH]c4c(C(=O)[O-])cccc34)cc12. The fourth-order valence-corrected chi connectivity index (χ4v) is 3.91. The van der Waals surface area contributed by atoms with Gasteiger partial charge < -0.3 is 28.9 Å². The largest absolute Gasteiger partial charge is 0.545 e. The average molecular weight is 475 g/mol. The molecule has 180 valence electrons. The Kier molecular flexibility index (Phi) is 6.54. The molecule has 0 unspecified atom stereocenters. The van der Waals surface area contributed by atoms with Gasteiger partial charge in [-0.05, 0) is 32.0 Å². The summed E-state index contributed by atoms with van der Waals surface area (Å²) in [4.78, 5) is 38.7. The van der Waals surface area contributed by atoms with E-state index < -0.39 is 17.8 Å². The van der Waals surface area contributed by atoms with Crippen molar-refractivity contribution < 1.29 is 29.0 Å². The van der Waals surface area contributed by atoms with Gasteiger partial charge in [0.05, 0.1) is 29.9 Å². The van der Waals surface area contributed by atoms with Crippen molar-refractivity contribution in [3.05, 3.63) is 65.0 Å². The molecule has 2 heterocycles. The summed E-state index contributed by atoms with van der Waals surface area (Å²) in [6.45, 7) is 3.55. The monoisotopic (exact) mass is 475 g/mol. The molecule has 0 fully saturated rings. The number of hydrogen-bond donors (Lipinski definition) is 2. The number of carbonyl (C=O) groups excluding carboxylic acids is 3. The van der Waals surface area contributed by atoms with E-state index in [1.165, 1.54) is 12.3 Å². The Balaban J connectivity index is 1.43. The minimum absolute atomic E-state index is 0.0382. The van der Waals surface area contributed by atoms with Crippen molar-refractivity contribution in [3.8, 4) is 5.75 Å². The Morgan fingerprint density at radius 3 is 2.74 bits per heavy atom. The maximum Gasteiger partial charge on any atom is 0.340 e. The van der Waals surface area contributed by atoms with E-state index in [9.17, 15) is 19.5 Å². The van der Waals surface area contributed by atoms with Gasteiger partial charge in [0.2, 0.25) is 0 Å². The van der Waals surface area contributed by atoms with E-state index >= 15 is 0 Å². The van der Waals surface area contributed by atoms with E-state index in [1.807, 2.05) is 24.6 Å². The van der Waals surface area contributed by atoms with Crippen molar-refractivity contribution in [3.63, 3.8) is 0 Å². The molecular weight excluding hydrogens is 452 g/mol. The number of hydrogen-bond acceptors (Lipinski definition) is 7. The van der Waals surface area contributed by atoms with E-state index in [0.29, 0.717) is 33.2 Å². The van der Waals surface area contributed by atoms with Crippen molar-refractivity contribution in [1.29, 1.82) is 0 Å². The first-order chi connectivity index (χ1) is 16.8. The van der Waals surface area contributed by atoms with Crippen LogP contribution in [0.4, 0.5) is 0 Å². The maximum absolute atomic E-state index is 12.4. The number of aromatic nitrogens is 2. The lowest BCUT2D eigenvalue weighted by Gasteiger charge is -2.06. The van der Waals surface area contributed by atoms with E-state index in [0.717, 1.165) is 11.2 Å². The number of H-pyrrole nitrogens is 1.